The van der Waals surface area contributed by atoms with Crippen molar-refractivity contribution in [3.05, 3.63) is 70.6 Å². The van der Waals surface area contributed by atoms with Crippen molar-refractivity contribution in [2.45, 2.75) is 38.0 Å². The second-order valence-corrected chi connectivity index (χ2v) is 8.61. The molecule has 2 aliphatic rings. The average Bonchev–Trinajstić information content (AvgIpc) is 3.47. The van der Waals surface area contributed by atoms with Gasteiger partial charge in [0.05, 0.1) is 12.1 Å². The Bertz CT molecular complexity index is 1250. The van der Waals surface area contributed by atoms with Crippen molar-refractivity contribution in [2.75, 3.05) is 13.2 Å². The number of hydrogen-bond donors (Lipinski definition) is 1. The van der Waals surface area contributed by atoms with Crippen molar-refractivity contribution in [1.29, 1.82) is 0 Å². The summed E-state index contributed by atoms with van der Waals surface area (Å²) >= 11 is 0. The van der Waals surface area contributed by atoms with Crippen LogP contribution in [0, 0.1) is 17.6 Å². The predicted octanol–water partition coefficient (Wildman–Crippen LogP) is 4.44. The molecule has 1 fully saturated rings. The fraction of sp³-hybridized carbons (Fsp3) is 0.375. The molecule has 3 heterocycles. The molecule has 0 spiro atoms. The molecular weight excluding hydrogens is 470 g/mol. The van der Waals surface area contributed by atoms with Gasteiger partial charge < -0.3 is 19.2 Å². The molecule has 184 valence electrons. The summed E-state index contributed by atoms with van der Waals surface area (Å²) in [6, 6.07) is 7.21. The molecule has 1 saturated heterocycles. The van der Waals surface area contributed by atoms with Crippen LogP contribution in [-0.2, 0) is 11.3 Å². The first-order valence-corrected chi connectivity index (χ1v) is 11.1. The van der Waals surface area contributed by atoms with Crippen LogP contribution in [0.2, 0.25) is 0 Å². The Morgan fingerprint density at radius 3 is 2.49 bits per heavy atom. The molecule has 0 aliphatic carbocycles. The van der Waals surface area contributed by atoms with E-state index in [2.05, 4.69) is 10.2 Å². The SMILES string of the molecule is O=C1c2cc(-c3nnc(C(F)F)o3)ccc2CN1C(C1CCOCC1)C(O)c1ccc(F)c(F)c1. The number of aromatic nitrogens is 2. The van der Waals surface area contributed by atoms with Crippen molar-refractivity contribution < 1.29 is 36.6 Å². The molecule has 3 aromatic rings. The number of amides is 1. The van der Waals surface area contributed by atoms with Gasteiger partial charge in [0.1, 0.15) is 0 Å². The third-order valence-corrected chi connectivity index (χ3v) is 6.53. The largest absolute Gasteiger partial charge is 0.415 e. The van der Waals surface area contributed by atoms with Crippen LogP contribution in [0.15, 0.2) is 40.8 Å². The molecule has 11 heteroatoms. The standard InChI is InChI=1S/C24H21F4N3O4/c25-17-4-3-13(10-18(17)26)20(32)19(12-5-7-34-8-6-12)31-11-15-2-1-14(9-16(15)24(31)33)22-29-30-23(35-22)21(27)28/h1-4,9-10,12,19-21,32H,5-8,11H2. The van der Waals surface area contributed by atoms with E-state index >= 15 is 0 Å². The summed E-state index contributed by atoms with van der Waals surface area (Å²) in [5, 5.41) is 18.2. The minimum atomic E-state index is -2.92. The van der Waals surface area contributed by atoms with E-state index in [9.17, 15) is 27.5 Å². The van der Waals surface area contributed by atoms with E-state index in [-0.39, 0.29) is 29.8 Å². The highest BCUT2D eigenvalue weighted by molar-refractivity contribution is 5.99. The van der Waals surface area contributed by atoms with Crippen LogP contribution in [0.4, 0.5) is 17.6 Å². The molecule has 1 aromatic heterocycles. The molecule has 1 amide bonds. The van der Waals surface area contributed by atoms with Gasteiger partial charge in [-0.1, -0.05) is 12.1 Å². The van der Waals surface area contributed by atoms with Gasteiger partial charge in [0, 0.05) is 30.9 Å². The van der Waals surface area contributed by atoms with Gasteiger partial charge in [-0.2, -0.15) is 8.78 Å². The van der Waals surface area contributed by atoms with Gasteiger partial charge in [0.15, 0.2) is 11.6 Å². The number of aliphatic hydroxyl groups is 1. The smallest absolute Gasteiger partial charge is 0.314 e. The lowest BCUT2D eigenvalue weighted by molar-refractivity contribution is -0.0214. The van der Waals surface area contributed by atoms with E-state index in [1.54, 1.807) is 12.1 Å². The molecule has 2 aromatic carbocycles. The van der Waals surface area contributed by atoms with E-state index in [0.717, 1.165) is 12.1 Å². The van der Waals surface area contributed by atoms with Gasteiger partial charge in [-0.15, -0.1) is 10.2 Å². The fourth-order valence-corrected chi connectivity index (χ4v) is 4.77. The van der Waals surface area contributed by atoms with Crippen LogP contribution in [-0.4, -0.2) is 45.4 Å². The predicted molar refractivity (Wildman–Crippen MR) is 113 cm³/mol. The van der Waals surface area contributed by atoms with E-state index in [4.69, 9.17) is 9.15 Å². The number of rotatable bonds is 6. The molecule has 2 atom stereocenters. The minimum absolute atomic E-state index is 0.142. The van der Waals surface area contributed by atoms with Crippen molar-refractivity contribution >= 4 is 5.91 Å². The zero-order valence-electron chi connectivity index (χ0n) is 18.3. The number of hydrogen-bond acceptors (Lipinski definition) is 6. The second-order valence-electron chi connectivity index (χ2n) is 8.61. The number of alkyl halides is 2. The Morgan fingerprint density at radius 1 is 1.03 bits per heavy atom. The number of nitrogens with zero attached hydrogens (tertiary/aromatic N) is 3. The van der Waals surface area contributed by atoms with Gasteiger partial charge in [-0.25, -0.2) is 8.78 Å². The van der Waals surface area contributed by atoms with Crippen LogP contribution in [0.25, 0.3) is 11.5 Å². The van der Waals surface area contributed by atoms with Crippen LogP contribution < -0.4 is 0 Å². The lowest BCUT2D eigenvalue weighted by Gasteiger charge is -2.39. The van der Waals surface area contributed by atoms with Crippen LogP contribution >= 0.6 is 0 Å². The monoisotopic (exact) mass is 491 g/mol. The summed E-state index contributed by atoms with van der Waals surface area (Å²) in [6.07, 6.45) is -3.03. The van der Waals surface area contributed by atoms with Gasteiger partial charge in [0.25, 0.3) is 11.8 Å². The Morgan fingerprint density at radius 2 is 1.80 bits per heavy atom. The fourth-order valence-electron chi connectivity index (χ4n) is 4.77. The Labute approximate surface area is 197 Å². The van der Waals surface area contributed by atoms with E-state index in [1.807, 2.05) is 0 Å². The van der Waals surface area contributed by atoms with E-state index < -0.39 is 36.1 Å². The van der Waals surface area contributed by atoms with Crippen molar-refractivity contribution in [3.63, 3.8) is 0 Å². The summed E-state index contributed by atoms with van der Waals surface area (Å²) in [7, 11) is 0. The van der Waals surface area contributed by atoms with Crippen LogP contribution in [0.5, 0.6) is 0 Å². The first-order valence-electron chi connectivity index (χ1n) is 11.1. The van der Waals surface area contributed by atoms with Gasteiger partial charge >= 0.3 is 6.43 Å². The maximum absolute atomic E-state index is 13.9. The quantitative estimate of drug-likeness (QED) is 0.513. The number of fused-ring (bicyclic) bond motifs is 1. The van der Waals surface area contributed by atoms with Crippen LogP contribution in [0.1, 0.15) is 52.7 Å². The number of aliphatic hydroxyl groups excluding tert-OH is 1. The highest BCUT2D eigenvalue weighted by Gasteiger charge is 2.42. The third kappa shape index (κ3) is 4.41. The molecule has 0 bridgehead atoms. The topological polar surface area (TPSA) is 88.7 Å². The van der Waals surface area contributed by atoms with Crippen molar-refractivity contribution in [2.24, 2.45) is 5.92 Å². The molecule has 0 radical (unpaired) electrons. The zero-order chi connectivity index (χ0) is 24.7. The molecule has 2 aliphatic heterocycles. The maximum atomic E-state index is 13.9. The number of benzene rings is 2. The van der Waals surface area contributed by atoms with E-state index in [1.165, 1.54) is 17.0 Å². The summed E-state index contributed by atoms with van der Waals surface area (Å²) in [5.41, 5.74) is 1.45. The lowest BCUT2D eigenvalue weighted by atomic mass is 9.84. The first kappa shape index (κ1) is 23.4. The summed E-state index contributed by atoms with van der Waals surface area (Å²) in [4.78, 5) is 15.0. The van der Waals surface area contributed by atoms with Gasteiger partial charge in [-0.05, 0) is 54.2 Å². The molecule has 2 unspecified atom stereocenters. The number of carbonyl (C=O) groups is 1. The summed E-state index contributed by atoms with van der Waals surface area (Å²) in [6.45, 7) is 1.09. The minimum Gasteiger partial charge on any atom is -0.415 e. The maximum Gasteiger partial charge on any atom is 0.314 e. The third-order valence-electron chi connectivity index (χ3n) is 6.53. The lowest BCUT2D eigenvalue weighted by Crippen LogP contribution is -2.46. The Balaban J connectivity index is 1.47. The van der Waals surface area contributed by atoms with Crippen LogP contribution in [0.3, 0.4) is 0 Å². The number of halogens is 4. The highest BCUT2D eigenvalue weighted by Crippen LogP contribution is 2.38. The molecule has 0 saturated carbocycles. The van der Waals surface area contributed by atoms with Crippen molar-refractivity contribution in [1.82, 2.24) is 15.1 Å². The second kappa shape index (κ2) is 9.38. The Hall–Kier alpha value is -3.31. The number of carbonyl (C=O) groups excluding carboxylic acids is 1. The summed E-state index contributed by atoms with van der Waals surface area (Å²) < 4.78 is 63.5. The molecular formula is C24H21F4N3O4. The van der Waals surface area contributed by atoms with Gasteiger partial charge in [-0.3, -0.25) is 4.79 Å². The molecule has 35 heavy (non-hydrogen) atoms. The summed E-state index contributed by atoms with van der Waals surface area (Å²) in [5.74, 6) is -3.60. The van der Waals surface area contributed by atoms with Crippen molar-refractivity contribution in [3.8, 4) is 11.5 Å². The molecule has 5 rings (SSSR count). The van der Waals surface area contributed by atoms with E-state index in [0.29, 0.717) is 42.7 Å². The average molecular weight is 491 g/mol. The first-order chi connectivity index (χ1) is 16.8. The normalized spacial score (nSPS) is 18.2. The highest BCUT2D eigenvalue weighted by atomic mass is 19.3. The molecule has 7 nitrogen and oxygen atoms in total. The molecule has 1 N–H and O–H groups in total. The zero-order valence-corrected chi connectivity index (χ0v) is 18.3. The van der Waals surface area contributed by atoms with Gasteiger partial charge in [0.2, 0.25) is 5.89 Å². The number of ether oxygens (including phenoxy) is 1. The Kier molecular flexibility index (Phi) is 6.28.